The molecule has 0 unspecified atom stereocenters. The molecule has 12 heavy (non-hydrogen) atoms. The topological polar surface area (TPSA) is 53.8 Å². The third-order valence-electron chi connectivity index (χ3n) is 1.32. The molecule has 0 aliphatic rings. The van der Waals surface area contributed by atoms with E-state index in [9.17, 15) is 0 Å². The van der Waals surface area contributed by atoms with Crippen LogP contribution in [0, 0.1) is 0 Å². The fraction of sp³-hybridized carbons (Fsp3) is 0.125. The van der Waals surface area contributed by atoms with Gasteiger partial charge in [0.05, 0.1) is 12.8 Å². The second kappa shape index (κ2) is 4.35. The standard InChI is InChI=1S/C8H10N2O2/c1-12-8-4-2-3-7(5-8)9-6-10-11/h2-6,11H,1H3,(H,9,10). The molecule has 0 aromatic heterocycles. The molecule has 0 aliphatic carbocycles. The van der Waals surface area contributed by atoms with Gasteiger partial charge in [-0.3, -0.25) is 10.7 Å². The van der Waals surface area contributed by atoms with Gasteiger partial charge in [0.1, 0.15) is 12.1 Å². The molecule has 0 saturated carbocycles. The summed E-state index contributed by atoms with van der Waals surface area (Å²) in [5, 5.41) is 8.22. The first kappa shape index (κ1) is 8.55. The van der Waals surface area contributed by atoms with E-state index >= 15 is 0 Å². The van der Waals surface area contributed by atoms with Gasteiger partial charge in [0.15, 0.2) is 0 Å². The molecular weight excluding hydrogens is 156 g/mol. The molecule has 0 spiro atoms. The van der Waals surface area contributed by atoms with Crippen molar-refractivity contribution in [2.45, 2.75) is 0 Å². The van der Waals surface area contributed by atoms with Gasteiger partial charge in [0.25, 0.3) is 0 Å². The monoisotopic (exact) mass is 166 g/mol. The second-order valence-corrected chi connectivity index (χ2v) is 2.09. The van der Waals surface area contributed by atoms with Crippen molar-refractivity contribution in [2.24, 2.45) is 4.99 Å². The molecule has 0 fully saturated rings. The van der Waals surface area contributed by atoms with E-state index in [0.717, 1.165) is 11.4 Å². The lowest BCUT2D eigenvalue weighted by atomic mass is 10.3. The minimum Gasteiger partial charge on any atom is -0.497 e. The summed E-state index contributed by atoms with van der Waals surface area (Å²) < 4.78 is 4.98. The number of nitrogens with one attached hydrogen (secondary N) is 1. The summed E-state index contributed by atoms with van der Waals surface area (Å²) in [7, 11) is 1.59. The summed E-state index contributed by atoms with van der Waals surface area (Å²) in [5.74, 6) is 0.739. The maximum absolute atomic E-state index is 8.22. The normalized spacial score (nSPS) is 10.2. The van der Waals surface area contributed by atoms with Crippen LogP contribution >= 0.6 is 0 Å². The van der Waals surface area contributed by atoms with E-state index in [-0.39, 0.29) is 0 Å². The van der Waals surface area contributed by atoms with E-state index in [1.807, 2.05) is 17.6 Å². The van der Waals surface area contributed by atoms with E-state index in [0.29, 0.717) is 0 Å². The van der Waals surface area contributed by atoms with Gasteiger partial charge in [-0.15, -0.1) is 0 Å². The van der Waals surface area contributed by atoms with Gasteiger partial charge in [-0.25, -0.2) is 4.99 Å². The molecule has 0 atom stereocenters. The lowest BCUT2D eigenvalue weighted by Crippen LogP contribution is -2.00. The maximum atomic E-state index is 8.22. The van der Waals surface area contributed by atoms with Crippen molar-refractivity contribution in [1.82, 2.24) is 5.48 Å². The van der Waals surface area contributed by atoms with Gasteiger partial charge in [-0.1, -0.05) is 6.07 Å². The van der Waals surface area contributed by atoms with Crippen LogP contribution in [0.3, 0.4) is 0 Å². The lowest BCUT2D eigenvalue weighted by Gasteiger charge is -1.98. The van der Waals surface area contributed by atoms with E-state index in [4.69, 9.17) is 9.94 Å². The molecule has 1 rings (SSSR count). The van der Waals surface area contributed by atoms with Gasteiger partial charge >= 0.3 is 0 Å². The molecule has 0 amide bonds. The van der Waals surface area contributed by atoms with Crippen molar-refractivity contribution >= 4 is 12.0 Å². The van der Waals surface area contributed by atoms with Gasteiger partial charge in [-0.2, -0.15) is 0 Å². The third kappa shape index (κ3) is 2.25. The Labute approximate surface area is 70.5 Å². The molecule has 1 aromatic rings. The Bertz CT molecular complexity index is 274. The number of aliphatic imine (C=N–C) groups is 1. The number of hydroxylamine groups is 1. The van der Waals surface area contributed by atoms with Gasteiger partial charge in [0.2, 0.25) is 0 Å². The van der Waals surface area contributed by atoms with E-state index < -0.39 is 0 Å². The summed E-state index contributed by atoms with van der Waals surface area (Å²) in [5.41, 5.74) is 2.54. The van der Waals surface area contributed by atoms with Crippen LogP contribution in [0.5, 0.6) is 5.75 Å². The molecule has 64 valence electrons. The predicted octanol–water partition coefficient (Wildman–Crippen LogP) is 1.33. The molecule has 4 nitrogen and oxygen atoms in total. The first-order valence-electron chi connectivity index (χ1n) is 3.43. The zero-order valence-electron chi connectivity index (χ0n) is 6.69. The second-order valence-electron chi connectivity index (χ2n) is 2.09. The van der Waals surface area contributed by atoms with E-state index in [2.05, 4.69) is 4.99 Å². The highest BCUT2D eigenvalue weighted by Gasteiger charge is 1.90. The number of rotatable bonds is 3. The summed E-state index contributed by atoms with van der Waals surface area (Å²) in [6.45, 7) is 0. The summed E-state index contributed by atoms with van der Waals surface area (Å²) >= 11 is 0. The van der Waals surface area contributed by atoms with Gasteiger partial charge in [-0.05, 0) is 12.1 Å². The molecule has 1 aromatic carbocycles. The van der Waals surface area contributed by atoms with Gasteiger partial charge < -0.3 is 4.74 Å². The summed E-state index contributed by atoms with van der Waals surface area (Å²) in [4.78, 5) is 3.87. The van der Waals surface area contributed by atoms with Crippen molar-refractivity contribution in [3.8, 4) is 5.75 Å². The number of nitrogens with zero attached hydrogens (tertiary/aromatic N) is 1. The SMILES string of the molecule is COc1cccc(N=CNO)c1. The molecule has 0 radical (unpaired) electrons. The molecule has 2 N–H and O–H groups in total. The quantitative estimate of drug-likeness (QED) is 0.404. The third-order valence-corrected chi connectivity index (χ3v) is 1.32. The minimum atomic E-state index is 0.718. The maximum Gasteiger partial charge on any atom is 0.121 e. The Kier molecular flexibility index (Phi) is 3.10. The Balaban J connectivity index is 2.79. The van der Waals surface area contributed by atoms with Crippen molar-refractivity contribution in [1.29, 1.82) is 0 Å². The summed E-state index contributed by atoms with van der Waals surface area (Å²) in [6, 6.07) is 7.21. The molecular formula is C8H10N2O2. The average Bonchev–Trinajstić information content (AvgIpc) is 2.15. The number of ether oxygens (including phenoxy) is 1. The van der Waals surface area contributed by atoms with Crippen LogP contribution in [0.1, 0.15) is 0 Å². The zero-order valence-corrected chi connectivity index (χ0v) is 6.69. The minimum absolute atomic E-state index is 0.718. The zero-order chi connectivity index (χ0) is 8.81. The van der Waals surface area contributed by atoms with Gasteiger partial charge in [0, 0.05) is 6.07 Å². The van der Waals surface area contributed by atoms with Crippen LogP contribution in [0.4, 0.5) is 5.69 Å². The molecule has 0 heterocycles. The first-order chi connectivity index (χ1) is 5.86. The molecule has 0 saturated heterocycles. The predicted molar refractivity (Wildman–Crippen MR) is 46.1 cm³/mol. The fourth-order valence-electron chi connectivity index (χ4n) is 0.794. The molecule has 0 bridgehead atoms. The number of hydrogen-bond donors (Lipinski definition) is 2. The number of methoxy groups -OCH3 is 1. The Hall–Kier alpha value is -1.55. The van der Waals surface area contributed by atoms with E-state index in [1.165, 1.54) is 6.34 Å². The average molecular weight is 166 g/mol. The highest BCUT2D eigenvalue weighted by molar-refractivity contribution is 5.60. The Morgan fingerprint density at radius 2 is 2.42 bits per heavy atom. The van der Waals surface area contributed by atoms with Crippen molar-refractivity contribution in [3.05, 3.63) is 24.3 Å². The smallest absolute Gasteiger partial charge is 0.121 e. The van der Waals surface area contributed by atoms with Crippen molar-refractivity contribution in [3.63, 3.8) is 0 Å². The summed E-state index contributed by atoms with van der Waals surface area (Å²) in [6.07, 6.45) is 1.19. The van der Waals surface area contributed by atoms with Crippen LogP contribution in [-0.2, 0) is 0 Å². The highest BCUT2D eigenvalue weighted by Crippen LogP contribution is 2.18. The van der Waals surface area contributed by atoms with Crippen LogP contribution in [-0.4, -0.2) is 18.7 Å². The highest BCUT2D eigenvalue weighted by atomic mass is 16.5. The largest absolute Gasteiger partial charge is 0.497 e. The van der Waals surface area contributed by atoms with Crippen LogP contribution in [0.25, 0.3) is 0 Å². The molecule has 4 heteroatoms. The Morgan fingerprint density at radius 3 is 3.08 bits per heavy atom. The molecule has 0 aliphatic heterocycles. The van der Waals surface area contributed by atoms with Crippen LogP contribution in [0.2, 0.25) is 0 Å². The fourth-order valence-corrected chi connectivity index (χ4v) is 0.794. The van der Waals surface area contributed by atoms with Crippen LogP contribution < -0.4 is 10.2 Å². The Morgan fingerprint density at radius 1 is 1.58 bits per heavy atom. The number of hydrogen-bond acceptors (Lipinski definition) is 3. The van der Waals surface area contributed by atoms with Crippen molar-refractivity contribution in [2.75, 3.05) is 7.11 Å². The van der Waals surface area contributed by atoms with E-state index in [1.54, 1.807) is 19.2 Å². The van der Waals surface area contributed by atoms with Crippen LogP contribution in [0.15, 0.2) is 29.3 Å². The first-order valence-corrected chi connectivity index (χ1v) is 3.43. The number of benzene rings is 1. The lowest BCUT2D eigenvalue weighted by molar-refractivity contribution is 0.240. The van der Waals surface area contributed by atoms with Crippen molar-refractivity contribution < 1.29 is 9.94 Å².